The van der Waals surface area contributed by atoms with Gasteiger partial charge in [0.05, 0.1) is 16.9 Å². The predicted octanol–water partition coefficient (Wildman–Crippen LogP) is 3.78. The lowest BCUT2D eigenvalue weighted by atomic mass is 10.2. The van der Waals surface area contributed by atoms with Crippen molar-refractivity contribution in [1.82, 2.24) is 9.55 Å². The quantitative estimate of drug-likeness (QED) is 0.604. The number of nitrogens with zero attached hydrogens (tertiary/aromatic N) is 2. The normalized spacial score (nSPS) is 12.3. The molecule has 0 fully saturated rings. The van der Waals surface area contributed by atoms with E-state index in [2.05, 4.69) is 4.98 Å². The van der Waals surface area contributed by atoms with Crippen molar-refractivity contribution in [3.05, 3.63) is 29.3 Å². The highest BCUT2D eigenvalue weighted by Crippen LogP contribution is 2.26. The van der Waals surface area contributed by atoms with Crippen molar-refractivity contribution in [2.75, 3.05) is 0 Å². The van der Waals surface area contributed by atoms with Gasteiger partial charge in [0, 0.05) is 6.07 Å². The first-order valence-electron chi connectivity index (χ1n) is 5.10. The molecule has 1 aromatic carbocycles. The van der Waals surface area contributed by atoms with Crippen LogP contribution in [0.4, 0.5) is 17.6 Å². The van der Waals surface area contributed by atoms with Crippen LogP contribution < -0.4 is 0 Å². The SMILES string of the molecule is Cc1cc2c(cc1F)nc(CCl)n2CC(F)(F)F. The third-order valence-electron chi connectivity index (χ3n) is 2.56. The van der Waals surface area contributed by atoms with Crippen LogP contribution in [-0.2, 0) is 12.4 Å². The number of imidazole rings is 1. The van der Waals surface area contributed by atoms with Crippen LogP contribution in [0.2, 0.25) is 0 Å². The van der Waals surface area contributed by atoms with Gasteiger partial charge in [0.2, 0.25) is 0 Å². The molecule has 98 valence electrons. The topological polar surface area (TPSA) is 17.8 Å². The molecular formula is C11H9ClF4N2. The van der Waals surface area contributed by atoms with Crippen LogP contribution in [0.25, 0.3) is 11.0 Å². The molecular weight excluding hydrogens is 272 g/mol. The molecule has 2 nitrogen and oxygen atoms in total. The van der Waals surface area contributed by atoms with Gasteiger partial charge in [-0.15, -0.1) is 11.6 Å². The third-order valence-corrected chi connectivity index (χ3v) is 2.80. The lowest BCUT2D eigenvalue weighted by Crippen LogP contribution is -2.19. The van der Waals surface area contributed by atoms with E-state index in [0.29, 0.717) is 0 Å². The molecule has 0 amide bonds. The molecule has 0 N–H and O–H groups in total. The Balaban J connectivity index is 2.65. The van der Waals surface area contributed by atoms with Crippen LogP contribution in [0.3, 0.4) is 0 Å². The minimum atomic E-state index is -4.38. The van der Waals surface area contributed by atoms with Gasteiger partial charge in [-0.1, -0.05) is 0 Å². The number of hydrogen-bond donors (Lipinski definition) is 0. The summed E-state index contributed by atoms with van der Waals surface area (Å²) in [5, 5.41) is 0. The summed E-state index contributed by atoms with van der Waals surface area (Å²) >= 11 is 5.57. The minimum Gasteiger partial charge on any atom is -0.318 e. The maximum atomic E-state index is 13.3. The fraction of sp³-hybridized carbons (Fsp3) is 0.364. The second-order valence-corrected chi connectivity index (χ2v) is 4.22. The molecule has 1 heterocycles. The van der Waals surface area contributed by atoms with E-state index >= 15 is 0 Å². The molecule has 0 saturated heterocycles. The molecule has 18 heavy (non-hydrogen) atoms. The second-order valence-electron chi connectivity index (χ2n) is 3.95. The van der Waals surface area contributed by atoms with Crippen LogP contribution in [-0.4, -0.2) is 15.7 Å². The number of fused-ring (bicyclic) bond motifs is 1. The summed E-state index contributed by atoms with van der Waals surface area (Å²) in [7, 11) is 0. The number of aryl methyl sites for hydroxylation is 1. The summed E-state index contributed by atoms with van der Waals surface area (Å²) < 4.78 is 51.7. The van der Waals surface area contributed by atoms with E-state index in [1.807, 2.05) is 0 Å². The number of alkyl halides is 4. The zero-order valence-corrected chi connectivity index (χ0v) is 10.1. The van der Waals surface area contributed by atoms with Crippen molar-refractivity contribution >= 4 is 22.6 Å². The van der Waals surface area contributed by atoms with Crippen molar-refractivity contribution in [2.24, 2.45) is 0 Å². The van der Waals surface area contributed by atoms with Crippen LogP contribution in [0, 0.1) is 12.7 Å². The van der Waals surface area contributed by atoms with Gasteiger partial charge in [-0.3, -0.25) is 0 Å². The van der Waals surface area contributed by atoms with E-state index in [1.54, 1.807) is 0 Å². The lowest BCUT2D eigenvalue weighted by Gasteiger charge is -2.11. The Morgan fingerprint density at radius 3 is 2.56 bits per heavy atom. The van der Waals surface area contributed by atoms with Crippen LogP contribution in [0.1, 0.15) is 11.4 Å². The Labute approximate surface area is 105 Å². The van der Waals surface area contributed by atoms with Gasteiger partial charge >= 0.3 is 6.18 Å². The molecule has 1 aromatic heterocycles. The van der Waals surface area contributed by atoms with E-state index in [-0.39, 0.29) is 28.3 Å². The molecule has 0 aliphatic rings. The smallest absolute Gasteiger partial charge is 0.318 e. The van der Waals surface area contributed by atoms with Gasteiger partial charge < -0.3 is 4.57 Å². The maximum absolute atomic E-state index is 13.3. The highest BCUT2D eigenvalue weighted by molar-refractivity contribution is 6.16. The van der Waals surface area contributed by atoms with E-state index < -0.39 is 18.5 Å². The van der Waals surface area contributed by atoms with E-state index in [9.17, 15) is 17.6 Å². The average molecular weight is 281 g/mol. The summed E-state index contributed by atoms with van der Waals surface area (Å²) in [5.41, 5.74) is 0.687. The summed E-state index contributed by atoms with van der Waals surface area (Å²) in [6, 6.07) is 2.47. The Morgan fingerprint density at radius 1 is 1.33 bits per heavy atom. The molecule has 0 unspecified atom stereocenters. The van der Waals surface area contributed by atoms with Crippen molar-refractivity contribution in [1.29, 1.82) is 0 Å². The molecule has 0 aliphatic heterocycles. The van der Waals surface area contributed by atoms with Gasteiger partial charge in [0.1, 0.15) is 18.2 Å². The number of rotatable bonds is 2. The molecule has 7 heteroatoms. The monoisotopic (exact) mass is 280 g/mol. The van der Waals surface area contributed by atoms with E-state index in [1.165, 1.54) is 13.0 Å². The lowest BCUT2D eigenvalue weighted by molar-refractivity contribution is -0.140. The molecule has 0 saturated carbocycles. The summed E-state index contributed by atoms with van der Waals surface area (Å²) in [6.45, 7) is 0.302. The van der Waals surface area contributed by atoms with E-state index in [4.69, 9.17) is 11.6 Å². The van der Waals surface area contributed by atoms with Gasteiger partial charge in [-0.2, -0.15) is 13.2 Å². The largest absolute Gasteiger partial charge is 0.406 e. The fourth-order valence-electron chi connectivity index (χ4n) is 1.76. The number of halogens is 5. The van der Waals surface area contributed by atoms with E-state index in [0.717, 1.165) is 10.6 Å². The highest BCUT2D eigenvalue weighted by Gasteiger charge is 2.30. The minimum absolute atomic E-state index is 0.0778. The molecule has 0 spiro atoms. The first-order chi connectivity index (χ1) is 8.31. The van der Waals surface area contributed by atoms with Gasteiger partial charge in [-0.05, 0) is 18.6 Å². The van der Waals surface area contributed by atoms with Gasteiger partial charge in [-0.25, -0.2) is 9.37 Å². The first kappa shape index (κ1) is 13.1. The Kier molecular flexibility index (Phi) is 3.23. The second kappa shape index (κ2) is 4.42. The Morgan fingerprint density at radius 2 is 2.00 bits per heavy atom. The fourth-order valence-corrected chi connectivity index (χ4v) is 1.96. The van der Waals surface area contributed by atoms with Crippen molar-refractivity contribution < 1.29 is 17.6 Å². The summed E-state index contributed by atoms with van der Waals surface area (Å²) in [6.07, 6.45) is -4.38. The predicted molar refractivity (Wildman–Crippen MR) is 60.0 cm³/mol. The van der Waals surface area contributed by atoms with Gasteiger partial charge in [0.15, 0.2) is 0 Å². The summed E-state index contributed by atoms with van der Waals surface area (Å²) in [4.78, 5) is 3.91. The summed E-state index contributed by atoms with van der Waals surface area (Å²) in [5.74, 6) is -0.583. The third kappa shape index (κ3) is 2.43. The maximum Gasteiger partial charge on any atom is 0.406 e. The van der Waals surface area contributed by atoms with Gasteiger partial charge in [0.25, 0.3) is 0 Å². The number of aromatic nitrogens is 2. The van der Waals surface area contributed by atoms with Crippen LogP contribution in [0.5, 0.6) is 0 Å². The van der Waals surface area contributed by atoms with Crippen molar-refractivity contribution in [3.63, 3.8) is 0 Å². The molecule has 2 rings (SSSR count). The molecule has 0 atom stereocenters. The first-order valence-corrected chi connectivity index (χ1v) is 5.63. The highest BCUT2D eigenvalue weighted by atomic mass is 35.5. The Hall–Kier alpha value is -1.30. The number of benzene rings is 1. The van der Waals surface area contributed by atoms with Crippen LogP contribution in [0.15, 0.2) is 12.1 Å². The van der Waals surface area contributed by atoms with Crippen molar-refractivity contribution in [3.8, 4) is 0 Å². The zero-order valence-electron chi connectivity index (χ0n) is 9.35. The van der Waals surface area contributed by atoms with Crippen LogP contribution >= 0.6 is 11.6 Å². The average Bonchev–Trinajstić information content (AvgIpc) is 2.55. The standard InChI is InChI=1S/C11H9ClF4N2/c1-6-2-9-8(3-7(6)13)17-10(4-12)18(9)5-11(14,15)16/h2-3H,4-5H2,1H3. The molecule has 0 aliphatic carbocycles. The zero-order chi connectivity index (χ0) is 13.5. The molecule has 2 aromatic rings. The molecule has 0 bridgehead atoms. The molecule has 0 radical (unpaired) electrons. The number of hydrogen-bond acceptors (Lipinski definition) is 1. The van der Waals surface area contributed by atoms with Crippen molar-refractivity contribution in [2.45, 2.75) is 25.5 Å². The Bertz CT molecular complexity index is 589.